The van der Waals surface area contributed by atoms with Gasteiger partial charge in [-0.1, -0.05) is 11.6 Å². The average molecular weight is 448 g/mol. The van der Waals surface area contributed by atoms with Gasteiger partial charge in [-0.25, -0.2) is 4.98 Å². The molecule has 1 aliphatic heterocycles. The Balaban J connectivity index is 1.30. The highest BCUT2D eigenvalue weighted by Gasteiger charge is 2.23. The Hall–Kier alpha value is -2.52. The predicted octanol–water partition coefficient (Wildman–Crippen LogP) is 3.12. The highest BCUT2D eigenvalue weighted by Crippen LogP contribution is 2.25. The Morgan fingerprint density at radius 3 is 2.73 bits per heavy atom. The molecule has 0 spiro atoms. The van der Waals surface area contributed by atoms with Gasteiger partial charge in [0.15, 0.2) is 11.0 Å². The fourth-order valence-electron chi connectivity index (χ4n) is 3.57. The number of carbonyl (C=O) groups excluding carboxylic acids is 1. The van der Waals surface area contributed by atoms with Crippen LogP contribution in [0.3, 0.4) is 0 Å². The van der Waals surface area contributed by atoms with Crippen LogP contribution < -0.4 is 10.5 Å². The van der Waals surface area contributed by atoms with E-state index in [1.165, 1.54) is 22.2 Å². The van der Waals surface area contributed by atoms with Gasteiger partial charge in [0.1, 0.15) is 10.9 Å². The molecule has 3 aromatic heterocycles. The van der Waals surface area contributed by atoms with Crippen molar-refractivity contribution in [2.45, 2.75) is 45.8 Å². The van der Waals surface area contributed by atoms with Crippen LogP contribution in [-0.4, -0.2) is 44.9 Å². The second-order valence-electron chi connectivity index (χ2n) is 7.35. The van der Waals surface area contributed by atoms with Gasteiger partial charge < -0.3 is 9.64 Å². The standard InChI is InChI=1S/C20H22ClN5O3S/c1-12-13(2)30-19-18(12)20(28)26(11-22-19)10-7-17(27)29-14-5-8-25(9-6-14)16-4-3-15(21)23-24-16/h3-4,11,14H,5-10H2,1-2H3. The van der Waals surface area contributed by atoms with Gasteiger partial charge in [0.05, 0.1) is 18.1 Å². The van der Waals surface area contributed by atoms with E-state index in [1.807, 2.05) is 19.9 Å². The van der Waals surface area contributed by atoms with Crippen LogP contribution in [0.25, 0.3) is 10.2 Å². The summed E-state index contributed by atoms with van der Waals surface area (Å²) in [4.78, 5) is 33.3. The molecule has 0 N–H and O–H groups in total. The van der Waals surface area contributed by atoms with Crippen molar-refractivity contribution in [1.29, 1.82) is 0 Å². The topological polar surface area (TPSA) is 90.2 Å². The second-order valence-corrected chi connectivity index (χ2v) is 8.94. The first-order valence-corrected chi connectivity index (χ1v) is 11.0. The summed E-state index contributed by atoms with van der Waals surface area (Å²) in [6, 6.07) is 3.55. The van der Waals surface area contributed by atoms with Crippen LogP contribution in [0.5, 0.6) is 0 Å². The van der Waals surface area contributed by atoms with Crippen LogP contribution >= 0.6 is 22.9 Å². The van der Waals surface area contributed by atoms with Crippen molar-refractivity contribution in [3.8, 4) is 0 Å². The summed E-state index contributed by atoms with van der Waals surface area (Å²) in [6.07, 6.45) is 2.96. The zero-order valence-corrected chi connectivity index (χ0v) is 18.4. The summed E-state index contributed by atoms with van der Waals surface area (Å²) < 4.78 is 7.11. The van der Waals surface area contributed by atoms with E-state index in [-0.39, 0.29) is 30.6 Å². The first-order valence-electron chi connectivity index (χ1n) is 9.81. The highest BCUT2D eigenvalue weighted by molar-refractivity contribution is 7.18. The monoisotopic (exact) mass is 447 g/mol. The van der Waals surface area contributed by atoms with Crippen molar-refractivity contribution in [3.05, 3.63) is 44.4 Å². The number of esters is 1. The minimum Gasteiger partial charge on any atom is -0.462 e. The van der Waals surface area contributed by atoms with E-state index < -0.39 is 0 Å². The van der Waals surface area contributed by atoms with Crippen LogP contribution in [-0.2, 0) is 16.1 Å². The lowest BCUT2D eigenvalue weighted by atomic mass is 10.1. The number of rotatable bonds is 5. The number of nitrogens with zero attached hydrogens (tertiary/aromatic N) is 5. The third-order valence-corrected chi connectivity index (χ3v) is 6.71. The molecule has 0 radical (unpaired) electrons. The minimum atomic E-state index is -0.301. The molecule has 30 heavy (non-hydrogen) atoms. The molecule has 0 atom stereocenters. The van der Waals surface area contributed by atoms with E-state index in [2.05, 4.69) is 20.1 Å². The van der Waals surface area contributed by atoms with E-state index in [4.69, 9.17) is 16.3 Å². The third-order valence-electron chi connectivity index (χ3n) is 5.39. The molecule has 158 valence electrons. The molecule has 0 saturated carbocycles. The molecule has 3 aromatic rings. The fraction of sp³-hybridized carbons (Fsp3) is 0.450. The highest BCUT2D eigenvalue weighted by atomic mass is 35.5. The smallest absolute Gasteiger partial charge is 0.307 e. The van der Waals surface area contributed by atoms with E-state index in [1.54, 1.807) is 6.07 Å². The third kappa shape index (κ3) is 4.32. The van der Waals surface area contributed by atoms with Gasteiger partial charge >= 0.3 is 5.97 Å². The lowest BCUT2D eigenvalue weighted by molar-refractivity contribution is -0.150. The molecule has 0 aliphatic carbocycles. The summed E-state index contributed by atoms with van der Waals surface area (Å²) in [5.74, 6) is 0.468. The molecule has 1 saturated heterocycles. The van der Waals surface area contributed by atoms with Crippen molar-refractivity contribution in [3.63, 3.8) is 0 Å². The Kier molecular flexibility index (Phi) is 6.01. The number of fused-ring (bicyclic) bond motifs is 1. The van der Waals surface area contributed by atoms with Crippen molar-refractivity contribution >= 4 is 44.9 Å². The van der Waals surface area contributed by atoms with Crippen molar-refractivity contribution in [2.24, 2.45) is 0 Å². The molecular weight excluding hydrogens is 426 g/mol. The molecule has 4 heterocycles. The van der Waals surface area contributed by atoms with Gasteiger partial charge in [-0.15, -0.1) is 21.5 Å². The van der Waals surface area contributed by atoms with Crippen molar-refractivity contribution < 1.29 is 9.53 Å². The lowest BCUT2D eigenvalue weighted by Gasteiger charge is -2.32. The van der Waals surface area contributed by atoms with Gasteiger partial charge in [-0.05, 0) is 31.5 Å². The first-order chi connectivity index (χ1) is 14.4. The molecular formula is C20H22ClN5O3S. The largest absolute Gasteiger partial charge is 0.462 e. The van der Waals surface area contributed by atoms with Crippen LogP contribution in [0.15, 0.2) is 23.3 Å². The summed E-state index contributed by atoms with van der Waals surface area (Å²) >= 11 is 7.29. The van der Waals surface area contributed by atoms with Crippen LogP contribution in [0, 0.1) is 13.8 Å². The van der Waals surface area contributed by atoms with Crippen molar-refractivity contribution in [2.75, 3.05) is 18.0 Å². The Morgan fingerprint density at radius 2 is 2.03 bits per heavy atom. The molecule has 1 aliphatic rings. The number of anilines is 1. The van der Waals surface area contributed by atoms with Gasteiger partial charge in [0, 0.05) is 37.4 Å². The van der Waals surface area contributed by atoms with E-state index in [0.29, 0.717) is 10.5 Å². The van der Waals surface area contributed by atoms with Crippen LogP contribution in [0.4, 0.5) is 5.82 Å². The number of hydrogen-bond acceptors (Lipinski definition) is 8. The van der Waals surface area contributed by atoms with Gasteiger partial charge in [0.2, 0.25) is 0 Å². The maximum Gasteiger partial charge on any atom is 0.307 e. The normalized spacial score (nSPS) is 15.0. The van der Waals surface area contributed by atoms with Gasteiger partial charge in [-0.3, -0.25) is 14.2 Å². The van der Waals surface area contributed by atoms with Crippen molar-refractivity contribution in [1.82, 2.24) is 19.7 Å². The number of piperidine rings is 1. The zero-order valence-electron chi connectivity index (χ0n) is 16.8. The Labute approximate surface area is 182 Å². The summed E-state index contributed by atoms with van der Waals surface area (Å²) in [7, 11) is 0. The lowest BCUT2D eigenvalue weighted by Crippen LogP contribution is -2.38. The van der Waals surface area contributed by atoms with Gasteiger partial charge in [-0.2, -0.15) is 0 Å². The number of halogens is 1. The molecule has 0 bridgehead atoms. The number of hydrogen-bond donors (Lipinski definition) is 0. The number of aromatic nitrogens is 4. The Morgan fingerprint density at radius 1 is 1.27 bits per heavy atom. The molecule has 0 aromatic carbocycles. The number of carbonyl (C=O) groups is 1. The maximum atomic E-state index is 12.7. The average Bonchev–Trinajstić information content (AvgIpc) is 3.03. The molecule has 1 fully saturated rings. The quantitative estimate of drug-likeness (QED) is 0.555. The van der Waals surface area contributed by atoms with E-state index in [9.17, 15) is 9.59 Å². The predicted molar refractivity (Wildman–Crippen MR) is 116 cm³/mol. The number of aryl methyl sites for hydroxylation is 3. The Bertz CT molecular complexity index is 1120. The number of thiophene rings is 1. The molecule has 4 rings (SSSR count). The molecule has 0 unspecified atom stereocenters. The number of ether oxygens (including phenoxy) is 1. The summed E-state index contributed by atoms with van der Waals surface area (Å²) in [5.41, 5.74) is 0.855. The van der Waals surface area contributed by atoms with E-state index in [0.717, 1.165) is 47.0 Å². The maximum absolute atomic E-state index is 12.7. The van der Waals surface area contributed by atoms with Crippen LogP contribution in [0.1, 0.15) is 29.7 Å². The fourth-order valence-corrected chi connectivity index (χ4v) is 4.65. The zero-order chi connectivity index (χ0) is 21.3. The SMILES string of the molecule is Cc1sc2ncn(CCC(=O)OC3CCN(c4ccc(Cl)nn4)CC3)c(=O)c2c1C. The minimum absolute atomic E-state index is 0.105. The second kappa shape index (κ2) is 8.69. The molecule has 0 amide bonds. The molecule has 8 nitrogen and oxygen atoms in total. The van der Waals surface area contributed by atoms with Gasteiger partial charge in [0.25, 0.3) is 5.56 Å². The summed E-state index contributed by atoms with van der Waals surface area (Å²) in [6.45, 7) is 5.62. The van der Waals surface area contributed by atoms with E-state index >= 15 is 0 Å². The first kappa shape index (κ1) is 20.7. The summed E-state index contributed by atoms with van der Waals surface area (Å²) in [5, 5.41) is 8.96. The van der Waals surface area contributed by atoms with Crippen LogP contribution in [0.2, 0.25) is 5.15 Å². The molecule has 10 heteroatoms.